The van der Waals surface area contributed by atoms with Gasteiger partial charge in [-0.3, -0.25) is 4.79 Å². The topological polar surface area (TPSA) is 64.3 Å². The maximum atomic E-state index is 12.0. The van der Waals surface area contributed by atoms with Gasteiger partial charge >= 0.3 is 0 Å². The van der Waals surface area contributed by atoms with Crippen molar-refractivity contribution in [3.63, 3.8) is 0 Å². The molecule has 4 nitrogen and oxygen atoms in total. The lowest BCUT2D eigenvalue weighted by molar-refractivity contribution is -0.116. The van der Waals surface area contributed by atoms with Gasteiger partial charge in [0.1, 0.15) is 5.75 Å². The van der Waals surface area contributed by atoms with Crippen molar-refractivity contribution in [2.45, 2.75) is 46.6 Å². The third kappa shape index (κ3) is 6.06. The van der Waals surface area contributed by atoms with E-state index in [4.69, 9.17) is 10.5 Å². The van der Waals surface area contributed by atoms with Crippen LogP contribution in [0.25, 0.3) is 0 Å². The van der Waals surface area contributed by atoms with Crippen LogP contribution in [0.3, 0.4) is 0 Å². The molecule has 0 aromatic heterocycles. The fraction of sp³-hybridized carbons (Fsp3) is 0.562. The quantitative estimate of drug-likeness (QED) is 0.840. The Morgan fingerprint density at radius 2 is 2.00 bits per heavy atom. The van der Waals surface area contributed by atoms with Crippen LogP contribution < -0.4 is 15.8 Å². The Kier molecular flexibility index (Phi) is 6.02. The second-order valence-electron chi connectivity index (χ2n) is 6.21. The van der Waals surface area contributed by atoms with Crippen molar-refractivity contribution in [1.82, 2.24) is 0 Å². The molecule has 0 radical (unpaired) electrons. The van der Waals surface area contributed by atoms with Gasteiger partial charge in [-0.25, -0.2) is 0 Å². The predicted octanol–water partition coefficient (Wildman–Crippen LogP) is 3.18. The summed E-state index contributed by atoms with van der Waals surface area (Å²) in [6, 6.07) is 7.29. The van der Waals surface area contributed by atoms with Gasteiger partial charge in [0, 0.05) is 12.5 Å². The molecule has 0 bridgehead atoms. The fourth-order valence-electron chi connectivity index (χ4n) is 2.15. The van der Waals surface area contributed by atoms with Gasteiger partial charge in [0.25, 0.3) is 0 Å². The predicted molar refractivity (Wildman–Crippen MR) is 82.9 cm³/mol. The van der Waals surface area contributed by atoms with Gasteiger partial charge < -0.3 is 15.8 Å². The first-order valence-corrected chi connectivity index (χ1v) is 7.09. The van der Waals surface area contributed by atoms with Crippen molar-refractivity contribution in [1.29, 1.82) is 0 Å². The molecule has 1 atom stereocenters. The van der Waals surface area contributed by atoms with Crippen molar-refractivity contribution in [3.8, 4) is 5.75 Å². The normalized spacial score (nSPS) is 12.8. The highest BCUT2D eigenvalue weighted by atomic mass is 16.5. The monoisotopic (exact) mass is 278 g/mol. The minimum absolute atomic E-state index is 0.0751. The van der Waals surface area contributed by atoms with E-state index >= 15 is 0 Å². The molecule has 0 saturated heterocycles. The number of amides is 1. The fourth-order valence-corrected chi connectivity index (χ4v) is 2.15. The maximum Gasteiger partial charge on any atom is 0.226 e. The third-order valence-electron chi connectivity index (χ3n) is 2.78. The molecule has 1 amide bonds. The molecule has 0 saturated carbocycles. The van der Waals surface area contributed by atoms with Crippen LogP contribution in [0.5, 0.6) is 5.75 Å². The zero-order chi connectivity index (χ0) is 15.2. The van der Waals surface area contributed by atoms with Crippen LogP contribution in [0.15, 0.2) is 24.3 Å². The van der Waals surface area contributed by atoms with E-state index < -0.39 is 0 Å². The smallest absolute Gasteiger partial charge is 0.226 e. The minimum Gasteiger partial charge on any atom is -0.492 e. The zero-order valence-corrected chi connectivity index (χ0v) is 12.9. The molecule has 1 unspecified atom stereocenters. The van der Waals surface area contributed by atoms with E-state index in [0.717, 1.165) is 6.42 Å². The van der Waals surface area contributed by atoms with Crippen LogP contribution in [0.4, 0.5) is 5.69 Å². The molecule has 1 rings (SSSR count). The highest BCUT2D eigenvalue weighted by Crippen LogP contribution is 2.25. The number of para-hydroxylation sites is 2. The maximum absolute atomic E-state index is 12.0. The van der Waals surface area contributed by atoms with Crippen LogP contribution in [-0.2, 0) is 4.79 Å². The summed E-state index contributed by atoms with van der Waals surface area (Å²) < 4.78 is 5.48. The average molecular weight is 278 g/mol. The lowest BCUT2D eigenvalue weighted by atomic mass is 9.87. The van der Waals surface area contributed by atoms with E-state index in [0.29, 0.717) is 24.5 Å². The van der Waals surface area contributed by atoms with E-state index in [1.165, 1.54) is 0 Å². The van der Waals surface area contributed by atoms with Crippen LogP contribution in [0.1, 0.15) is 40.5 Å². The van der Waals surface area contributed by atoms with Crippen molar-refractivity contribution in [2.24, 2.45) is 11.1 Å². The number of carbonyl (C=O) groups excluding carboxylic acids is 1. The molecular formula is C16H26N2O2. The number of rotatable bonds is 6. The molecule has 0 aliphatic heterocycles. The second-order valence-corrected chi connectivity index (χ2v) is 6.21. The van der Waals surface area contributed by atoms with E-state index in [2.05, 4.69) is 26.1 Å². The van der Waals surface area contributed by atoms with Gasteiger partial charge in [-0.15, -0.1) is 0 Å². The number of ether oxygens (including phenoxy) is 1. The SMILES string of the molecule is CCOc1ccccc1NC(=O)CC(N)CC(C)(C)C. The standard InChI is InChI=1S/C16H26N2O2/c1-5-20-14-9-7-6-8-13(14)18-15(19)10-12(17)11-16(2,3)4/h6-9,12H,5,10-11,17H2,1-4H3,(H,18,19). The summed E-state index contributed by atoms with van der Waals surface area (Å²) in [4.78, 5) is 12.0. The van der Waals surface area contributed by atoms with Gasteiger partial charge in [0.05, 0.1) is 12.3 Å². The Bertz CT molecular complexity index is 438. The number of nitrogens with two attached hydrogens (primary N) is 1. The molecule has 0 spiro atoms. The summed E-state index contributed by atoms with van der Waals surface area (Å²) in [5, 5.41) is 2.87. The Morgan fingerprint density at radius 3 is 2.60 bits per heavy atom. The molecule has 0 fully saturated rings. The number of carbonyl (C=O) groups is 1. The first-order chi connectivity index (χ1) is 9.31. The summed E-state index contributed by atoms with van der Waals surface area (Å²) in [7, 11) is 0. The van der Waals surface area contributed by atoms with Gasteiger partial charge in [0.2, 0.25) is 5.91 Å². The Morgan fingerprint density at radius 1 is 1.35 bits per heavy atom. The molecule has 3 N–H and O–H groups in total. The van der Waals surface area contributed by atoms with Gasteiger partial charge in [-0.05, 0) is 30.9 Å². The molecule has 1 aromatic carbocycles. The van der Waals surface area contributed by atoms with E-state index in [1.807, 2.05) is 31.2 Å². The molecule has 0 aliphatic rings. The molecule has 20 heavy (non-hydrogen) atoms. The third-order valence-corrected chi connectivity index (χ3v) is 2.78. The number of benzene rings is 1. The summed E-state index contributed by atoms with van der Waals surface area (Å²) in [6.07, 6.45) is 1.13. The number of anilines is 1. The lowest BCUT2D eigenvalue weighted by Crippen LogP contribution is -2.31. The van der Waals surface area contributed by atoms with Crippen molar-refractivity contribution >= 4 is 11.6 Å². The molecular weight excluding hydrogens is 252 g/mol. The first kappa shape index (κ1) is 16.5. The van der Waals surface area contributed by atoms with E-state index in [1.54, 1.807) is 0 Å². The molecule has 112 valence electrons. The van der Waals surface area contributed by atoms with Gasteiger partial charge in [-0.1, -0.05) is 32.9 Å². The van der Waals surface area contributed by atoms with Gasteiger partial charge in [0.15, 0.2) is 0 Å². The Hall–Kier alpha value is -1.55. The largest absolute Gasteiger partial charge is 0.492 e. The van der Waals surface area contributed by atoms with Crippen LogP contribution in [0, 0.1) is 5.41 Å². The average Bonchev–Trinajstić information content (AvgIpc) is 2.29. The molecule has 0 heterocycles. The highest BCUT2D eigenvalue weighted by Gasteiger charge is 2.18. The van der Waals surface area contributed by atoms with Gasteiger partial charge in [-0.2, -0.15) is 0 Å². The van der Waals surface area contributed by atoms with E-state index in [9.17, 15) is 4.79 Å². The zero-order valence-electron chi connectivity index (χ0n) is 12.9. The summed E-state index contributed by atoms with van der Waals surface area (Å²) in [5.41, 5.74) is 6.84. The number of hydrogen-bond acceptors (Lipinski definition) is 3. The Balaban J connectivity index is 2.58. The highest BCUT2D eigenvalue weighted by molar-refractivity contribution is 5.92. The van der Waals surface area contributed by atoms with Crippen LogP contribution in [-0.4, -0.2) is 18.6 Å². The summed E-state index contributed by atoms with van der Waals surface area (Å²) in [5.74, 6) is 0.613. The number of nitrogens with one attached hydrogen (secondary N) is 1. The summed E-state index contributed by atoms with van der Waals surface area (Å²) in [6.45, 7) is 8.84. The van der Waals surface area contributed by atoms with Crippen LogP contribution >= 0.6 is 0 Å². The van der Waals surface area contributed by atoms with Crippen molar-refractivity contribution in [3.05, 3.63) is 24.3 Å². The Labute approximate surface area is 121 Å². The second kappa shape index (κ2) is 7.29. The van der Waals surface area contributed by atoms with E-state index in [-0.39, 0.29) is 17.4 Å². The van der Waals surface area contributed by atoms with Crippen molar-refractivity contribution in [2.75, 3.05) is 11.9 Å². The molecule has 0 aliphatic carbocycles. The summed E-state index contributed by atoms with van der Waals surface area (Å²) >= 11 is 0. The lowest BCUT2D eigenvalue weighted by Gasteiger charge is -2.22. The first-order valence-electron chi connectivity index (χ1n) is 7.09. The molecule has 1 aromatic rings. The molecule has 4 heteroatoms. The van der Waals surface area contributed by atoms with Crippen LogP contribution in [0.2, 0.25) is 0 Å². The van der Waals surface area contributed by atoms with Crippen molar-refractivity contribution < 1.29 is 9.53 Å². The number of hydrogen-bond donors (Lipinski definition) is 2. The minimum atomic E-state index is -0.130.